The number of carbonyl (C=O) groups excluding carboxylic acids is 1. The van der Waals surface area contributed by atoms with E-state index in [0.717, 1.165) is 12.1 Å². The maximum absolute atomic E-state index is 14.5. The minimum absolute atomic E-state index is 0.0961. The Morgan fingerprint density at radius 3 is 2.25 bits per heavy atom. The Bertz CT molecular complexity index is 2100. The van der Waals surface area contributed by atoms with Crippen LogP contribution < -0.4 is 5.56 Å². The maximum Gasteiger partial charge on any atom is 0.416 e. The van der Waals surface area contributed by atoms with Gasteiger partial charge in [0.2, 0.25) is 5.91 Å². The van der Waals surface area contributed by atoms with Crippen LogP contribution in [0.3, 0.4) is 0 Å². The smallest absolute Gasteiger partial charge is 0.333 e. The first-order valence-corrected chi connectivity index (χ1v) is 16.4. The van der Waals surface area contributed by atoms with E-state index in [0.29, 0.717) is 78.6 Å². The summed E-state index contributed by atoms with van der Waals surface area (Å²) >= 11 is 0.310. The summed E-state index contributed by atoms with van der Waals surface area (Å²) in [6, 6.07) is 5.61. The molecule has 4 aromatic rings. The van der Waals surface area contributed by atoms with E-state index in [9.17, 15) is 28.5 Å². The number of likely N-dealkylation sites (N-methyl/N-ethyl adjacent to an activating group) is 1. The first kappa shape index (κ1) is 26.9. The summed E-state index contributed by atoms with van der Waals surface area (Å²) in [4.78, 5) is 35.3. The van der Waals surface area contributed by atoms with Gasteiger partial charge in [-0.3, -0.25) is 9.59 Å². The fourth-order valence-electron chi connectivity index (χ4n) is 5.66. The Morgan fingerprint density at radius 1 is 1.02 bits per heavy atom. The zero-order chi connectivity index (χ0) is 40.6. The molecule has 11 heteroatoms. The lowest BCUT2D eigenvalue weighted by molar-refractivity contribution is -0.137. The van der Waals surface area contributed by atoms with Gasteiger partial charge in [0.1, 0.15) is 12.4 Å². The first-order chi connectivity index (χ1) is 25.7. The molecule has 0 aliphatic heterocycles. The van der Waals surface area contributed by atoms with Crippen molar-refractivity contribution in [2.24, 2.45) is 0 Å². The number of benzene rings is 3. The first-order valence-electron chi connectivity index (χ1n) is 19.1. The number of rotatable bonds is 13. The molecule has 1 aliphatic rings. The van der Waals surface area contributed by atoms with Gasteiger partial charge in [0.25, 0.3) is 5.56 Å². The fourth-order valence-corrected chi connectivity index (χ4v) is 6.37. The quantitative estimate of drug-likeness (QED) is 0.0817. The summed E-state index contributed by atoms with van der Waals surface area (Å²) in [7, 11) is 0. The molecule has 0 saturated heterocycles. The lowest BCUT2D eigenvalue weighted by Crippen LogP contribution is -2.42. The molecule has 3 aromatic carbocycles. The average molecular weight is 688 g/mol. The molecule has 6 nitrogen and oxygen atoms in total. The average Bonchev–Trinajstić information content (AvgIpc) is 3.64. The zero-order valence-electron chi connectivity index (χ0n) is 33.8. The summed E-state index contributed by atoms with van der Waals surface area (Å²) in [6.45, 7) is 6.82. The number of fused-ring (bicyclic) bond motifs is 1. The van der Waals surface area contributed by atoms with E-state index in [1.165, 1.54) is 21.6 Å². The van der Waals surface area contributed by atoms with E-state index in [-0.39, 0.29) is 11.7 Å². The summed E-state index contributed by atoms with van der Waals surface area (Å²) in [6.07, 6.45) is -3.19. The second kappa shape index (κ2) is 15.5. The second-order valence-electron chi connectivity index (χ2n) is 11.3. The predicted molar refractivity (Wildman–Crippen MR) is 181 cm³/mol. The van der Waals surface area contributed by atoms with Crippen molar-refractivity contribution >= 4 is 17.7 Å². The molecule has 254 valence electrons. The van der Waals surface area contributed by atoms with E-state index in [4.69, 9.17) is 8.22 Å². The van der Waals surface area contributed by atoms with Gasteiger partial charge < -0.3 is 14.4 Å². The molecule has 1 unspecified atom stereocenters. The molecule has 5 rings (SSSR count). The highest BCUT2D eigenvalue weighted by atomic mass is 32.2. The van der Waals surface area contributed by atoms with E-state index >= 15 is 0 Å². The highest BCUT2D eigenvalue weighted by Gasteiger charge is 2.30. The Kier molecular flexibility index (Phi) is 8.70. The lowest BCUT2D eigenvalue weighted by atomic mass is 9.99. The van der Waals surface area contributed by atoms with Crippen molar-refractivity contribution in [3.8, 4) is 11.1 Å². The topological polar surface area (TPSA) is 58.4 Å². The van der Waals surface area contributed by atoms with Crippen LogP contribution in [0.4, 0.5) is 17.6 Å². The number of halogens is 4. The molecule has 0 spiro atoms. The molecule has 48 heavy (non-hydrogen) atoms. The number of alkyl halides is 3. The number of carbonyl (C=O) groups is 1. The van der Waals surface area contributed by atoms with Gasteiger partial charge in [0, 0.05) is 32.8 Å². The van der Waals surface area contributed by atoms with Gasteiger partial charge in [0.05, 0.1) is 18.4 Å². The highest BCUT2D eigenvalue weighted by molar-refractivity contribution is 7.98. The van der Waals surface area contributed by atoms with Crippen LogP contribution in [-0.2, 0) is 36.1 Å². The third-order valence-electron chi connectivity index (χ3n) is 8.42. The number of amides is 1. The standard InChI is InChI=1S/C37H40F4N4O2S/c1-4-43(5-2)21-22-44(25(3)27-11-13-28(14-12-27)29-15-17-30(18-16-29)37(39,40)41)34(46)23-45-33-8-6-7-32(33)35(47)42-36(45)48-24-26-9-19-31(38)20-10-26/h9-20,25H,4-8,21-24H2,1-3H3/i9D,10D,19D,20D,24D2,25D. The van der Waals surface area contributed by atoms with Gasteiger partial charge >= 0.3 is 6.18 Å². The summed E-state index contributed by atoms with van der Waals surface area (Å²) in [5.74, 6) is -2.00. The summed E-state index contributed by atoms with van der Waals surface area (Å²) in [5.41, 5.74) is -2.60. The predicted octanol–water partition coefficient (Wildman–Crippen LogP) is 7.78. The highest BCUT2D eigenvalue weighted by Crippen LogP contribution is 2.32. The monoisotopic (exact) mass is 687 g/mol. The van der Waals surface area contributed by atoms with Gasteiger partial charge in [-0.2, -0.15) is 18.2 Å². The molecule has 1 amide bonds. The van der Waals surface area contributed by atoms with Crippen LogP contribution in [0.2, 0.25) is 0 Å². The SMILES string of the molecule is [2H]c1c([2H])c(C([2H])([2H])Sc2nc(=O)c3c(n2CC(=O)N(CCN(CC)CC)C([2H])(C)c2ccc(-c4ccc(C(F)(F)F)cc4)cc2)CCC3)c([2H])c([2H])c1F. The largest absolute Gasteiger partial charge is 0.416 e. The molecule has 1 heterocycles. The number of aromatic nitrogens is 2. The Labute approximate surface area is 292 Å². The van der Waals surface area contributed by atoms with Gasteiger partial charge in [-0.05, 0) is 85.7 Å². The van der Waals surface area contributed by atoms with Crippen molar-refractivity contribution < 1.29 is 32.0 Å². The molecule has 0 bridgehead atoms. The minimum Gasteiger partial charge on any atom is -0.333 e. The van der Waals surface area contributed by atoms with Crippen LogP contribution in [0.25, 0.3) is 11.1 Å². The molecule has 0 fully saturated rings. The van der Waals surface area contributed by atoms with E-state index < -0.39 is 77.0 Å². The van der Waals surface area contributed by atoms with Crippen molar-refractivity contribution in [2.45, 2.75) is 69.6 Å². The van der Waals surface area contributed by atoms with Crippen molar-refractivity contribution in [3.05, 3.63) is 117 Å². The van der Waals surface area contributed by atoms with Crippen molar-refractivity contribution in [1.82, 2.24) is 19.4 Å². The Morgan fingerprint density at radius 2 is 1.65 bits per heavy atom. The van der Waals surface area contributed by atoms with Crippen molar-refractivity contribution in [1.29, 1.82) is 0 Å². The number of hydrogen-bond donors (Lipinski definition) is 0. The van der Waals surface area contributed by atoms with Gasteiger partial charge in [-0.15, -0.1) is 0 Å². The van der Waals surface area contributed by atoms with Crippen LogP contribution in [0.5, 0.6) is 0 Å². The normalized spacial score (nSPS) is 16.5. The minimum atomic E-state index is -4.48. The molecule has 1 aromatic heterocycles. The second-order valence-corrected chi connectivity index (χ2v) is 12.0. The van der Waals surface area contributed by atoms with Crippen molar-refractivity contribution in [3.63, 3.8) is 0 Å². The van der Waals surface area contributed by atoms with Crippen LogP contribution in [0.1, 0.15) is 70.8 Å². The van der Waals surface area contributed by atoms with Gasteiger partial charge in [-0.25, -0.2) is 4.39 Å². The van der Waals surface area contributed by atoms with Gasteiger partial charge in [0.15, 0.2) is 5.16 Å². The number of hydrogen-bond acceptors (Lipinski definition) is 5. The number of thioether (sulfide) groups is 1. The van der Waals surface area contributed by atoms with E-state index in [1.54, 1.807) is 31.2 Å². The Balaban J connectivity index is 1.53. The lowest BCUT2D eigenvalue weighted by Gasteiger charge is -2.33. The molecule has 0 N–H and O–H groups in total. The zero-order valence-corrected chi connectivity index (χ0v) is 27.6. The fraction of sp³-hybridized carbons (Fsp3) is 0.378. The van der Waals surface area contributed by atoms with Crippen LogP contribution in [0, 0.1) is 5.82 Å². The van der Waals surface area contributed by atoms with Crippen molar-refractivity contribution in [2.75, 3.05) is 26.2 Å². The molecular weight excluding hydrogens is 640 g/mol. The molecule has 1 atom stereocenters. The maximum atomic E-state index is 14.5. The number of nitrogens with zero attached hydrogens (tertiary/aromatic N) is 4. The van der Waals surface area contributed by atoms with Gasteiger partial charge in [-0.1, -0.05) is 74.1 Å². The molecule has 0 radical (unpaired) electrons. The van der Waals surface area contributed by atoms with Crippen LogP contribution in [-0.4, -0.2) is 51.4 Å². The summed E-state index contributed by atoms with van der Waals surface area (Å²) in [5, 5.41) is -0.263. The molecule has 1 aliphatic carbocycles. The summed E-state index contributed by atoms with van der Waals surface area (Å²) < 4.78 is 115. The van der Waals surface area contributed by atoms with E-state index in [1.807, 2.05) is 13.8 Å². The third kappa shape index (κ3) is 8.36. The molecular formula is C37H40F4N4O2S. The van der Waals surface area contributed by atoms with Crippen LogP contribution in [0.15, 0.2) is 82.7 Å². The third-order valence-corrected chi connectivity index (χ3v) is 9.22. The molecule has 0 saturated carbocycles. The Hall–Kier alpha value is -3.96. The van der Waals surface area contributed by atoms with E-state index in [2.05, 4.69) is 9.88 Å². The van der Waals surface area contributed by atoms with Crippen LogP contribution >= 0.6 is 11.8 Å².